The lowest BCUT2D eigenvalue weighted by atomic mass is 10.0. The van der Waals surface area contributed by atoms with E-state index in [9.17, 15) is 9.59 Å². The predicted octanol–water partition coefficient (Wildman–Crippen LogP) is 4.44. The lowest BCUT2D eigenvalue weighted by Gasteiger charge is -2.06. The highest BCUT2D eigenvalue weighted by Crippen LogP contribution is 2.20. The summed E-state index contributed by atoms with van der Waals surface area (Å²) in [5.74, 6) is -0.345. The molecule has 0 aliphatic carbocycles. The molecule has 1 aromatic heterocycles. The Morgan fingerprint density at radius 3 is 2.53 bits per heavy atom. The van der Waals surface area contributed by atoms with E-state index < -0.39 is 5.97 Å². The average molecular weight is 397 g/mol. The van der Waals surface area contributed by atoms with Gasteiger partial charge >= 0.3 is 5.97 Å². The van der Waals surface area contributed by atoms with Gasteiger partial charge < -0.3 is 10.1 Å². The maximum absolute atomic E-state index is 12.2. The van der Waals surface area contributed by atoms with Crippen LogP contribution in [0.4, 0.5) is 5.69 Å². The summed E-state index contributed by atoms with van der Waals surface area (Å²) in [6, 6.07) is 20.5. The monoisotopic (exact) mass is 397 g/mol. The molecule has 1 amide bonds. The van der Waals surface area contributed by atoms with E-state index in [1.165, 1.54) is 12.3 Å². The van der Waals surface area contributed by atoms with Gasteiger partial charge in [-0.05, 0) is 46.7 Å². The van der Waals surface area contributed by atoms with Crippen LogP contribution in [0.2, 0.25) is 0 Å². The molecule has 148 valence electrons. The van der Waals surface area contributed by atoms with Gasteiger partial charge in [-0.2, -0.15) is 5.10 Å². The Hall–Kier alpha value is -4.19. The van der Waals surface area contributed by atoms with Crippen LogP contribution in [0.25, 0.3) is 16.8 Å². The Bertz CT molecular complexity index is 1230. The zero-order chi connectivity index (χ0) is 20.9. The molecule has 0 atom stereocenters. The minimum atomic E-state index is -0.477. The number of fused-ring (bicyclic) bond motifs is 1. The van der Waals surface area contributed by atoms with Crippen molar-refractivity contribution in [3.63, 3.8) is 0 Å². The molecular formula is C24H19N3O3. The van der Waals surface area contributed by atoms with E-state index >= 15 is 0 Å². The number of esters is 1. The van der Waals surface area contributed by atoms with Crippen molar-refractivity contribution in [2.45, 2.75) is 0 Å². The summed E-state index contributed by atoms with van der Waals surface area (Å²) in [4.78, 5) is 24.3. The summed E-state index contributed by atoms with van der Waals surface area (Å²) in [6.45, 7) is 0. The molecule has 0 aliphatic rings. The first-order chi connectivity index (χ1) is 14.6. The maximum Gasteiger partial charge on any atom is 0.336 e. The quantitative estimate of drug-likeness (QED) is 0.307. The molecule has 0 fully saturated rings. The summed E-state index contributed by atoms with van der Waals surface area (Å²) in [5.41, 5.74) is 2.00. The van der Waals surface area contributed by atoms with Crippen molar-refractivity contribution in [3.05, 3.63) is 96.3 Å². The number of nitrogens with one attached hydrogen (secondary N) is 1. The van der Waals surface area contributed by atoms with Crippen LogP contribution in [0, 0.1) is 0 Å². The van der Waals surface area contributed by atoms with Gasteiger partial charge in [0.1, 0.15) is 5.75 Å². The van der Waals surface area contributed by atoms with Crippen molar-refractivity contribution in [1.82, 2.24) is 9.78 Å². The molecule has 6 heteroatoms. The Morgan fingerprint density at radius 2 is 1.77 bits per heavy atom. The van der Waals surface area contributed by atoms with Gasteiger partial charge in [-0.1, -0.05) is 42.5 Å². The number of nitrogens with zero attached hydrogens (tertiary/aromatic N) is 2. The number of carbonyl (C=O) groups is 2. The molecule has 0 saturated heterocycles. The number of aryl methyl sites for hydroxylation is 1. The summed E-state index contributed by atoms with van der Waals surface area (Å²) in [7, 11) is 1.74. The number of hydrogen-bond acceptors (Lipinski definition) is 4. The van der Waals surface area contributed by atoms with E-state index in [1.54, 1.807) is 48.3 Å². The van der Waals surface area contributed by atoms with Crippen LogP contribution in [-0.4, -0.2) is 21.7 Å². The zero-order valence-electron chi connectivity index (χ0n) is 16.3. The average Bonchev–Trinajstić information content (AvgIpc) is 3.20. The van der Waals surface area contributed by atoms with Crippen LogP contribution in [0.5, 0.6) is 5.75 Å². The predicted molar refractivity (Wildman–Crippen MR) is 116 cm³/mol. The molecule has 0 radical (unpaired) electrons. The highest BCUT2D eigenvalue weighted by molar-refractivity contribution is 6.04. The lowest BCUT2D eigenvalue weighted by Crippen LogP contribution is -2.11. The van der Waals surface area contributed by atoms with Gasteiger partial charge in [0.15, 0.2) is 0 Å². The van der Waals surface area contributed by atoms with Gasteiger partial charge in [0.2, 0.25) is 0 Å². The maximum atomic E-state index is 12.2. The first kappa shape index (κ1) is 19.1. The third-order valence-corrected chi connectivity index (χ3v) is 4.52. The fourth-order valence-corrected chi connectivity index (χ4v) is 3.05. The topological polar surface area (TPSA) is 73.2 Å². The smallest absolute Gasteiger partial charge is 0.336 e. The van der Waals surface area contributed by atoms with Crippen molar-refractivity contribution >= 4 is 34.4 Å². The van der Waals surface area contributed by atoms with Gasteiger partial charge in [0, 0.05) is 25.0 Å². The number of benzene rings is 3. The largest absolute Gasteiger partial charge is 0.423 e. The van der Waals surface area contributed by atoms with Crippen LogP contribution in [0.1, 0.15) is 15.9 Å². The van der Waals surface area contributed by atoms with Crippen molar-refractivity contribution < 1.29 is 14.3 Å². The van der Waals surface area contributed by atoms with Crippen molar-refractivity contribution in [1.29, 1.82) is 0 Å². The van der Waals surface area contributed by atoms with E-state index in [0.29, 0.717) is 17.0 Å². The number of ether oxygens (including phenoxy) is 1. The first-order valence-electron chi connectivity index (χ1n) is 9.36. The van der Waals surface area contributed by atoms with Crippen LogP contribution >= 0.6 is 0 Å². The third kappa shape index (κ3) is 4.44. The van der Waals surface area contributed by atoms with Crippen molar-refractivity contribution in [2.75, 3.05) is 5.32 Å². The molecule has 6 nitrogen and oxygen atoms in total. The lowest BCUT2D eigenvalue weighted by molar-refractivity contribution is -0.128. The van der Waals surface area contributed by atoms with Gasteiger partial charge in [-0.3, -0.25) is 9.48 Å². The second kappa shape index (κ2) is 8.45. The van der Waals surface area contributed by atoms with E-state index in [-0.39, 0.29) is 5.91 Å². The number of rotatable bonds is 5. The highest BCUT2D eigenvalue weighted by atomic mass is 16.5. The summed E-state index contributed by atoms with van der Waals surface area (Å²) >= 11 is 0. The number of amides is 1. The minimum absolute atomic E-state index is 0.258. The molecule has 3 aromatic carbocycles. The van der Waals surface area contributed by atoms with Crippen LogP contribution < -0.4 is 10.1 Å². The van der Waals surface area contributed by atoms with E-state index in [4.69, 9.17) is 4.74 Å². The normalized spacial score (nSPS) is 11.0. The molecule has 30 heavy (non-hydrogen) atoms. The zero-order valence-corrected chi connectivity index (χ0v) is 16.3. The third-order valence-electron chi connectivity index (χ3n) is 4.52. The molecular weight excluding hydrogens is 378 g/mol. The highest BCUT2D eigenvalue weighted by Gasteiger charge is 2.08. The molecule has 4 aromatic rings. The second-order valence-electron chi connectivity index (χ2n) is 6.70. The molecule has 0 aliphatic heterocycles. The molecule has 0 unspecified atom stereocenters. The summed E-state index contributed by atoms with van der Waals surface area (Å²) in [5, 5.41) is 8.92. The van der Waals surface area contributed by atoms with Crippen LogP contribution in [0.15, 0.2) is 85.2 Å². The number of aromatic nitrogens is 2. The fraction of sp³-hybridized carbons (Fsp3) is 0.0417. The number of hydrogen-bond donors (Lipinski definition) is 1. The molecule has 1 N–H and O–H groups in total. The second-order valence-corrected chi connectivity index (χ2v) is 6.70. The van der Waals surface area contributed by atoms with Crippen LogP contribution in [0.3, 0.4) is 0 Å². The van der Waals surface area contributed by atoms with E-state index in [0.717, 1.165) is 16.3 Å². The standard InChI is InChI=1S/C24H19N3O3/c1-27-16-19(15-25-27)24(29)26-20-10-12-21(13-11-20)30-23(28)14-9-18-7-4-6-17-5-2-3-8-22(17)18/h2-16H,1H3,(H,26,29)/b14-9+. The van der Waals surface area contributed by atoms with Crippen molar-refractivity contribution in [3.8, 4) is 5.75 Å². The van der Waals surface area contributed by atoms with Gasteiger partial charge in [-0.15, -0.1) is 0 Å². The Labute approximate surface area is 173 Å². The van der Waals surface area contributed by atoms with Gasteiger partial charge in [0.05, 0.1) is 11.8 Å². The minimum Gasteiger partial charge on any atom is -0.423 e. The summed E-state index contributed by atoms with van der Waals surface area (Å²) in [6.07, 6.45) is 6.27. The van der Waals surface area contributed by atoms with E-state index in [1.807, 2.05) is 42.5 Å². The number of carbonyl (C=O) groups excluding carboxylic acids is 2. The van der Waals surface area contributed by atoms with Crippen LogP contribution in [-0.2, 0) is 11.8 Å². The molecule has 4 rings (SSSR count). The summed E-state index contributed by atoms with van der Waals surface area (Å²) < 4.78 is 6.90. The van der Waals surface area contributed by atoms with E-state index in [2.05, 4.69) is 10.4 Å². The fourth-order valence-electron chi connectivity index (χ4n) is 3.05. The molecule has 0 spiro atoms. The molecule has 0 saturated carbocycles. The number of anilines is 1. The molecule has 1 heterocycles. The Balaban J connectivity index is 1.38. The SMILES string of the molecule is Cn1cc(C(=O)Nc2ccc(OC(=O)/C=C/c3cccc4ccccc34)cc2)cn1. The Morgan fingerprint density at radius 1 is 1.00 bits per heavy atom. The van der Waals surface area contributed by atoms with Gasteiger partial charge in [-0.25, -0.2) is 4.79 Å². The van der Waals surface area contributed by atoms with Crippen molar-refractivity contribution in [2.24, 2.45) is 7.05 Å². The Kier molecular flexibility index (Phi) is 5.39. The van der Waals surface area contributed by atoms with Gasteiger partial charge in [0.25, 0.3) is 5.91 Å². The first-order valence-corrected chi connectivity index (χ1v) is 9.36. The molecule has 0 bridgehead atoms.